The second kappa shape index (κ2) is 37.4. The van der Waals surface area contributed by atoms with E-state index in [4.69, 9.17) is 64.8 Å². The van der Waals surface area contributed by atoms with Gasteiger partial charge in [0.05, 0.1) is 70.2 Å². The third-order valence-corrected chi connectivity index (χ3v) is 30.4. The van der Waals surface area contributed by atoms with Crippen molar-refractivity contribution >= 4 is 149 Å². The first-order chi connectivity index (χ1) is 72.8. The van der Waals surface area contributed by atoms with Crippen LogP contribution in [0.4, 0.5) is 0 Å². The van der Waals surface area contributed by atoms with Gasteiger partial charge in [0.15, 0.2) is 46.6 Å². The first-order valence-electron chi connectivity index (χ1n) is 48.4. The Morgan fingerprint density at radius 1 is 0.156 bits per heavy atom. The highest BCUT2D eigenvalue weighted by Crippen LogP contribution is 2.48. The van der Waals surface area contributed by atoms with Gasteiger partial charge in [-0.3, -0.25) is 9.97 Å². The normalized spacial score (nSPS) is 11.5. The zero-order chi connectivity index (χ0) is 97.2. The van der Waals surface area contributed by atoms with Gasteiger partial charge in [-0.25, -0.2) is 64.8 Å². The van der Waals surface area contributed by atoms with Gasteiger partial charge in [0.25, 0.3) is 0 Å². The van der Waals surface area contributed by atoms with Gasteiger partial charge in [0.2, 0.25) is 0 Å². The molecule has 0 fully saturated rings. The van der Waals surface area contributed by atoms with Crippen molar-refractivity contribution in [3.63, 3.8) is 0 Å². The molecule has 18 heteroatoms. The number of pyridine rings is 2. The summed E-state index contributed by atoms with van der Waals surface area (Å²) in [5, 5.41) is 12.9. The average molecular weight is 1930 g/mol. The maximum Gasteiger partial charge on any atom is 0.164 e. The standard InChI is InChI=1S/C51H29N5S.C41H25N5S.C37H23N5S/c1-3-12-42-40(10-1)46(54-50(53-42)35-22-14-30(15-23-35)38-9-6-26-52-29-38)33-18-20-34(21-19-33)47-49-48(41-11-2-4-13-43(41)57-49)56-51(55-47)39-27-36-24-16-31-7-5-8-32-17-25-37(28-39)45(36)44(31)32;1-2-11-26(12-3-1)30-14-4-5-15-31(30)41-45-37(39-38(46-41)33-17-7-9-19-35(33)47-39)28-22-20-27(21-23-28)36-32-16-6-8-18-34(32)43-40(44-36)29-13-10-24-42-25-29;1-4-13-24(14-5-1)31-33-32(29-21-10-11-22-30(29)43-33)39-36(38-31)27-19-12-20-28(23-27)37-41-34(25-15-6-2-7-16-25)40-35(42-37)26-17-8-3-9-18-26/h1-29H;1-25H;1-23H. The highest BCUT2D eigenvalue weighted by atomic mass is 32.1. The minimum absolute atomic E-state index is 0.597. The molecule has 11 heterocycles. The number of hydrogen-bond acceptors (Lipinski definition) is 18. The molecule has 18 aromatic carbocycles. The summed E-state index contributed by atoms with van der Waals surface area (Å²) < 4.78 is 6.83. The molecule has 0 atom stereocenters. The van der Waals surface area contributed by atoms with E-state index in [0.717, 1.165) is 197 Å². The molecule has 29 rings (SSSR count). The van der Waals surface area contributed by atoms with E-state index in [1.165, 1.54) is 46.4 Å². The maximum absolute atomic E-state index is 5.38. The molecule has 29 aromatic rings. The molecule has 15 nitrogen and oxygen atoms in total. The molecular formula is C129H77N15S3. The fourth-order valence-corrected chi connectivity index (χ4v) is 23.2. The number of rotatable bonds is 15. The van der Waals surface area contributed by atoms with Gasteiger partial charge in [0.1, 0.15) is 0 Å². The van der Waals surface area contributed by atoms with E-state index in [0.29, 0.717) is 40.8 Å². The van der Waals surface area contributed by atoms with Crippen molar-refractivity contribution < 1.29 is 0 Å². The van der Waals surface area contributed by atoms with Crippen LogP contribution >= 0.6 is 34.0 Å². The predicted molar refractivity (Wildman–Crippen MR) is 605 cm³/mol. The molecule has 147 heavy (non-hydrogen) atoms. The van der Waals surface area contributed by atoms with Gasteiger partial charge in [-0.2, -0.15) is 0 Å². The lowest BCUT2D eigenvalue weighted by Crippen LogP contribution is -2.00. The van der Waals surface area contributed by atoms with E-state index in [-0.39, 0.29) is 0 Å². The van der Waals surface area contributed by atoms with Crippen LogP contribution in [0.15, 0.2) is 468 Å². The van der Waals surface area contributed by atoms with E-state index >= 15 is 0 Å². The van der Waals surface area contributed by atoms with Crippen molar-refractivity contribution in [1.29, 1.82) is 0 Å². The molecular weight excluding hydrogens is 1860 g/mol. The van der Waals surface area contributed by atoms with Crippen LogP contribution in [0.2, 0.25) is 0 Å². The van der Waals surface area contributed by atoms with E-state index in [1.54, 1.807) is 52.6 Å². The zero-order valence-electron chi connectivity index (χ0n) is 78.4. The third-order valence-electron chi connectivity index (χ3n) is 26.9. The quantitative estimate of drug-likeness (QED) is 0.0879. The molecule has 0 radical (unpaired) electrons. The zero-order valence-corrected chi connectivity index (χ0v) is 80.8. The number of benzene rings is 18. The van der Waals surface area contributed by atoms with Crippen LogP contribution in [0.5, 0.6) is 0 Å². The Morgan fingerprint density at radius 3 is 0.939 bits per heavy atom. The minimum atomic E-state index is 0.597. The smallest absolute Gasteiger partial charge is 0.164 e. The fraction of sp³-hybridized carbons (Fsp3) is 0. The summed E-state index contributed by atoms with van der Waals surface area (Å²) in [6.45, 7) is 0. The molecule has 11 aromatic heterocycles. The summed E-state index contributed by atoms with van der Waals surface area (Å²) >= 11 is 5.22. The Hall–Kier alpha value is -19.1. The van der Waals surface area contributed by atoms with Crippen molar-refractivity contribution in [1.82, 2.24) is 74.8 Å². The highest BCUT2D eigenvalue weighted by Gasteiger charge is 2.26. The second-order valence-electron chi connectivity index (χ2n) is 36.0. The number of aromatic nitrogens is 15. The van der Waals surface area contributed by atoms with Crippen LogP contribution in [-0.2, 0) is 0 Å². The lowest BCUT2D eigenvalue weighted by molar-refractivity contribution is 1.07. The molecule has 0 bridgehead atoms. The largest absolute Gasteiger partial charge is 0.264 e. The van der Waals surface area contributed by atoms with Crippen LogP contribution in [0, 0.1) is 0 Å². The molecule has 0 saturated heterocycles. The molecule has 0 aliphatic heterocycles. The number of hydrogen-bond donors (Lipinski definition) is 0. The Bertz CT molecular complexity index is 9990. The van der Waals surface area contributed by atoms with E-state index < -0.39 is 0 Å². The van der Waals surface area contributed by atoms with Gasteiger partial charge in [-0.05, 0) is 121 Å². The van der Waals surface area contributed by atoms with Crippen molar-refractivity contribution in [2.24, 2.45) is 0 Å². The highest BCUT2D eigenvalue weighted by molar-refractivity contribution is 7.27. The Labute approximate surface area is 854 Å². The van der Waals surface area contributed by atoms with Gasteiger partial charge >= 0.3 is 0 Å². The van der Waals surface area contributed by atoms with Crippen LogP contribution < -0.4 is 0 Å². The van der Waals surface area contributed by atoms with Crippen LogP contribution in [0.25, 0.3) is 285 Å². The second-order valence-corrected chi connectivity index (χ2v) is 39.1. The van der Waals surface area contributed by atoms with Crippen molar-refractivity contribution in [2.75, 3.05) is 0 Å². The predicted octanol–water partition coefficient (Wildman–Crippen LogP) is 33.3. The van der Waals surface area contributed by atoms with Crippen LogP contribution in [-0.4, -0.2) is 74.8 Å². The minimum Gasteiger partial charge on any atom is -0.264 e. The first-order valence-corrected chi connectivity index (χ1v) is 50.9. The van der Waals surface area contributed by atoms with Crippen LogP contribution in [0.3, 0.4) is 0 Å². The van der Waals surface area contributed by atoms with E-state index in [9.17, 15) is 0 Å². The van der Waals surface area contributed by atoms with Gasteiger partial charge in [-0.15, -0.1) is 34.0 Å². The Morgan fingerprint density at radius 2 is 0.463 bits per heavy atom. The van der Waals surface area contributed by atoms with Gasteiger partial charge in [-0.1, -0.05) is 376 Å². The third kappa shape index (κ3) is 16.4. The summed E-state index contributed by atoms with van der Waals surface area (Å²) in [4.78, 5) is 74.8. The number of thiophene rings is 3. The lowest BCUT2D eigenvalue weighted by Gasteiger charge is -2.13. The topological polar surface area (TPSA) is 193 Å². The monoisotopic (exact) mass is 1930 g/mol. The van der Waals surface area contributed by atoms with Crippen molar-refractivity contribution in [3.05, 3.63) is 468 Å². The summed E-state index contributed by atoms with van der Waals surface area (Å²) in [5.74, 6) is 5.29. The fourth-order valence-electron chi connectivity index (χ4n) is 19.8. The van der Waals surface area contributed by atoms with Gasteiger partial charge in [0, 0.05) is 138 Å². The van der Waals surface area contributed by atoms with E-state index in [2.05, 4.69) is 301 Å². The SMILES string of the molecule is c1ccc(-c2ccccc2-c2nc(-c3ccc(-c4nc(-c5cccnc5)nc5ccccc45)cc3)c3sc4ccccc4c3n2)cc1.c1ccc(-c2nc(-c3ccccc3)nc(-c3cccc(-c4nc(-c5ccccc5)c5sc6ccccc6c5n4)c3)n2)cc1.c1cncc(-c2ccc(-c3nc(-c4ccc(-c5nc(-c6cc7ccc8cccc9ccc(c6)c7c89)nc6c5sc5ccccc56)cc4)c4ccccc4n3)cc2)c1. The summed E-state index contributed by atoms with van der Waals surface area (Å²) in [6.07, 6.45) is 7.23. The molecule has 0 aliphatic rings. The number of para-hydroxylation sites is 2. The molecule has 0 unspecified atom stereocenters. The molecule has 686 valence electrons. The van der Waals surface area contributed by atoms with Crippen LogP contribution in [0.1, 0.15) is 0 Å². The summed E-state index contributed by atoms with van der Waals surface area (Å²) in [6, 6.07) is 153. The molecule has 0 saturated carbocycles. The van der Waals surface area contributed by atoms with Crippen molar-refractivity contribution in [3.8, 4) is 170 Å². The average Bonchev–Trinajstić information content (AvgIpc) is 1.74. The van der Waals surface area contributed by atoms with Gasteiger partial charge < -0.3 is 0 Å². The summed E-state index contributed by atoms with van der Waals surface area (Å²) in [7, 11) is 0. The Kier molecular flexibility index (Phi) is 22.1. The molecule has 0 amide bonds. The maximum atomic E-state index is 5.38. The summed E-state index contributed by atoms with van der Waals surface area (Å²) in [5.41, 5.74) is 26.3. The number of nitrogens with zero attached hydrogens (tertiary/aromatic N) is 15. The molecule has 0 spiro atoms. The Balaban J connectivity index is 0.000000110. The lowest BCUT2D eigenvalue weighted by atomic mass is 9.93. The number of fused-ring (bicyclic) bond motifs is 11. The molecule has 0 N–H and O–H groups in total. The van der Waals surface area contributed by atoms with E-state index in [1.807, 2.05) is 158 Å². The first kappa shape index (κ1) is 87.0. The van der Waals surface area contributed by atoms with Crippen molar-refractivity contribution in [2.45, 2.75) is 0 Å². The molecule has 0 aliphatic carbocycles.